The van der Waals surface area contributed by atoms with Crippen LogP contribution in [-0.2, 0) is 12.8 Å². The fourth-order valence-corrected chi connectivity index (χ4v) is 4.66. The summed E-state index contributed by atoms with van der Waals surface area (Å²) in [6.45, 7) is 7.67. The molecule has 3 rings (SSSR count). The smallest absolute Gasteiger partial charge is 0.122 e. The maximum absolute atomic E-state index is 11.0. The Balaban J connectivity index is 1.66. The molecule has 0 aromatic heterocycles. The summed E-state index contributed by atoms with van der Waals surface area (Å²) < 4.78 is 5.56. The van der Waals surface area contributed by atoms with E-state index in [9.17, 15) is 5.11 Å². The quantitative estimate of drug-likeness (QED) is 0.906. The molecule has 2 aliphatic rings. The molecule has 1 N–H and O–H groups in total. The largest absolute Gasteiger partial charge is 0.493 e. The van der Waals surface area contributed by atoms with Crippen molar-refractivity contribution in [1.29, 1.82) is 0 Å². The van der Waals surface area contributed by atoms with Gasteiger partial charge in [0.25, 0.3) is 0 Å². The monoisotopic (exact) mass is 288 g/mol. The third-order valence-corrected chi connectivity index (χ3v) is 5.07. The Morgan fingerprint density at radius 2 is 2.10 bits per heavy atom. The van der Waals surface area contributed by atoms with E-state index in [1.54, 1.807) is 0 Å². The molecule has 0 saturated heterocycles. The SMILES string of the molecule is CC1CC(C)(C)CC(O)(CCc2ccc3c(c2)CCO3)C1. The lowest BCUT2D eigenvalue weighted by Gasteiger charge is -2.44. The minimum atomic E-state index is -0.489. The van der Waals surface area contributed by atoms with Crippen LogP contribution >= 0.6 is 0 Å². The summed E-state index contributed by atoms with van der Waals surface area (Å²) in [6, 6.07) is 6.52. The molecule has 2 heteroatoms. The van der Waals surface area contributed by atoms with Gasteiger partial charge in [0.05, 0.1) is 12.2 Å². The van der Waals surface area contributed by atoms with Gasteiger partial charge in [0, 0.05) is 6.42 Å². The van der Waals surface area contributed by atoms with Crippen molar-refractivity contribution >= 4 is 0 Å². The first-order chi connectivity index (χ1) is 9.85. The van der Waals surface area contributed by atoms with E-state index in [2.05, 4.69) is 39.0 Å². The van der Waals surface area contributed by atoms with Crippen molar-refractivity contribution in [1.82, 2.24) is 0 Å². The van der Waals surface area contributed by atoms with Crippen LogP contribution in [-0.4, -0.2) is 17.3 Å². The number of hydrogen-bond donors (Lipinski definition) is 1. The van der Waals surface area contributed by atoms with Crippen molar-refractivity contribution in [2.75, 3.05) is 6.61 Å². The zero-order valence-electron chi connectivity index (χ0n) is 13.6. The zero-order chi connectivity index (χ0) is 15.1. The lowest BCUT2D eigenvalue weighted by molar-refractivity contribution is -0.0633. The summed E-state index contributed by atoms with van der Waals surface area (Å²) in [6.07, 6.45) is 5.97. The number of ether oxygens (including phenoxy) is 1. The lowest BCUT2D eigenvalue weighted by Crippen LogP contribution is -2.42. The summed E-state index contributed by atoms with van der Waals surface area (Å²) in [7, 11) is 0. The lowest BCUT2D eigenvalue weighted by atomic mass is 9.64. The van der Waals surface area contributed by atoms with Gasteiger partial charge in [-0.15, -0.1) is 0 Å². The first-order valence-corrected chi connectivity index (χ1v) is 8.32. The van der Waals surface area contributed by atoms with E-state index in [0.29, 0.717) is 5.92 Å². The molecule has 1 aliphatic heterocycles. The molecule has 1 aromatic carbocycles. The van der Waals surface area contributed by atoms with Crippen LogP contribution in [0, 0.1) is 11.3 Å². The molecule has 0 amide bonds. The second kappa shape index (κ2) is 5.31. The molecule has 0 bridgehead atoms. The average molecular weight is 288 g/mol. The van der Waals surface area contributed by atoms with Crippen LogP contribution in [0.5, 0.6) is 5.75 Å². The first-order valence-electron chi connectivity index (χ1n) is 8.32. The van der Waals surface area contributed by atoms with Gasteiger partial charge in [-0.2, -0.15) is 0 Å². The third-order valence-electron chi connectivity index (χ3n) is 5.07. The molecule has 1 fully saturated rings. The van der Waals surface area contributed by atoms with Crippen molar-refractivity contribution in [3.05, 3.63) is 29.3 Å². The normalized spacial score (nSPS) is 30.8. The van der Waals surface area contributed by atoms with Crippen LogP contribution in [0.15, 0.2) is 18.2 Å². The minimum Gasteiger partial charge on any atom is -0.493 e. The van der Waals surface area contributed by atoms with E-state index in [0.717, 1.165) is 44.5 Å². The molecule has 116 valence electrons. The average Bonchev–Trinajstić information content (AvgIpc) is 2.80. The molecule has 0 spiro atoms. The van der Waals surface area contributed by atoms with Gasteiger partial charge in [0.1, 0.15) is 5.75 Å². The predicted octanol–water partition coefficient (Wildman–Crippen LogP) is 4.13. The van der Waals surface area contributed by atoms with Gasteiger partial charge in [-0.1, -0.05) is 32.9 Å². The van der Waals surface area contributed by atoms with Crippen LogP contribution in [0.1, 0.15) is 57.6 Å². The zero-order valence-corrected chi connectivity index (χ0v) is 13.6. The predicted molar refractivity (Wildman–Crippen MR) is 85.7 cm³/mol. The number of aliphatic hydroxyl groups is 1. The molecule has 1 aromatic rings. The summed E-state index contributed by atoms with van der Waals surface area (Å²) in [5.41, 5.74) is 2.44. The molecular formula is C19H28O2. The van der Waals surface area contributed by atoms with E-state index in [1.807, 2.05) is 0 Å². The van der Waals surface area contributed by atoms with E-state index < -0.39 is 5.60 Å². The Morgan fingerprint density at radius 1 is 1.29 bits per heavy atom. The van der Waals surface area contributed by atoms with Crippen LogP contribution < -0.4 is 4.74 Å². The van der Waals surface area contributed by atoms with Gasteiger partial charge in [-0.3, -0.25) is 0 Å². The Morgan fingerprint density at radius 3 is 2.86 bits per heavy atom. The van der Waals surface area contributed by atoms with Crippen molar-refractivity contribution < 1.29 is 9.84 Å². The van der Waals surface area contributed by atoms with Crippen molar-refractivity contribution in [2.45, 2.75) is 64.9 Å². The molecule has 1 heterocycles. The van der Waals surface area contributed by atoms with Gasteiger partial charge in [0.15, 0.2) is 0 Å². The van der Waals surface area contributed by atoms with Gasteiger partial charge < -0.3 is 9.84 Å². The van der Waals surface area contributed by atoms with Crippen LogP contribution in [0.25, 0.3) is 0 Å². The Labute approximate surface area is 128 Å². The number of rotatable bonds is 3. The molecule has 2 unspecified atom stereocenters. The summed E-state index contributed by atoms with van der Waals surface area (Å²) >= 11 is 0. The number of benzene rings is 1. The van der Waals surface area contributed by atoms with Crippen LogP contribution in [0.2, 0.25) is 0 Å². The van der Waals surface area contributed by atoms with Gasteiger partial charge in [-0.25, -0.2) is 0 Å². The van der Waals surface area contributed by atoms with Gasteiger partial charge in [0.2, 0.25) is 0 Å². The van der Waals surface area contributed by atoms with Crippen molar-refractivity contribution in [3.63, 3.8) is 0 Å². The van der Waals surface area contributed by atoms with Crippen LogP contribution in [0.4, 0.5) is 0 Å². The molecule has 2 nitrogen and oxygen atoms in total. The maximum Gasteiger partial charge on any atom is 0.122 e. The van der Waals surface area contributed by atoms with E-state index in [1.165, 1.54) is 17.5 Å². The number of hydrogen-bond acceptors (Lipinski definition) is 2. The second-order valence-corrected chi connectivity index (χ2v) is 8.12. The molecule has 1 saturated carbocycles. The van der Waals surface area contributed by atoms with E-state index >= 15 is 0 Å². The van der Waals surface area contributed by atoms with Gasteiger partial charge >= 0.3 is 0 Å². The molecule has 2 atom stereocenters. The minimum absolute atomic E-state index is 0.262. The highest BCUT2D eigenvalue weighted by Crippen LogP contribution is 2.45. The summed E-state index contributed by atoms with van der Waals surface area (Å²) in [5, 5.41) is 11.0. The van der Waals surface area contributed by atoms with E-state index in [-0.39, 0.29) is 5.41 Å². The Bertz CT molecular complexity index is 520. The highest BCUT2D eigenvalue weighted by molar-refractivity contribution is 5.39. The standard InChI is InChI=1S/C19H28O2/c1-14-11-18(2,3)13-19(20,12-14)8-6-15-4-5-17-16(10-15)7-9-21-17/h4-5,10,14,20H,6-9,11-13H2,1-3H3. The fraction of sp³-hybridized carbons (Fsp3) is 0.684. The highest BCUT2D eigenvalue weighted by Gasteiger charge is 2.41. The van der Waals surface area contributed by atoms with Crippen molar-refractivity contribution in [3.8, 4) is 5.75 Å². The summed E-state index contributed by atoms with van der Waals surface area (Å²) in [5.74, 6) is 1.66. The second-order valence-electron chi connectivity index (χ2n) is 8.12. The van der Waals surface area contributed by atoms with E-state index in [4.69, 9.17) is 4.74 Å². The third kappa shape index (κ3) is 3.42. The molecule has 0 radical (unpaired) electrons. The molecular weight excluding hydrogens is 260 g/mol. The van der Waals surface area contributed by atoms with Crippen LogP contribution in [0.3, 0.4) is 0 Å². The fourth-order valence-electron chi connectivity index (χ4n) is 4.66. The molecule has 1 aliphatic carbocycles. The topological polar surface area (TPSA) is 29.5 Å². The Hall–Kier alpha value is -1.02. The van der Waals surface area contributed by atoms with Crippen molar-refractivity contribution in [2.24, 2.45) is 11.3 Å². The number of aryl methyl sites for hydroxylation is 1. The highest BCUT2D eigenvalue weighted by atomic mass is 16.5. The first kappa shape index (κ1) is 14.9. The molecule has 21 heavy (non-hydrogen) atoms. The Kier molecular flexibility index (Phi) is 3.77. The maximum atomic E-state index is 11.0. The van der Waals surface area contributed by atoms with Gasteiger partial charge in [-0.05, 0) is 60.6 Å². The summed E-state index contributed by atoms with van der Waals surface area (Å²) in [4.78, 5) is 0. The number of fused-ring (bicyclic) bond motifs is 1.